The van der Waals surface area contributed by atoms with Crippen molar-refractivity contribution in [1.82, 2.24) is 9.97 Å². The van der Waals surface area contributed by atoms with Gasteiger partial charge >= 0.3 is 0 Å². The zero-order chi connectivity index (χ0) is 25.3. The number of aryl methyl sites for hydroxylation is 2. The van der Waals surface area contributed by atoms with Crippen molar-refractivity contribution in [1.29, 1.82) is 5.26 Å². The smallest absolute Gasteiger partial charge is 0.264 e. The summed E-state index contributed by atoms with van der Waals surface area (Å²) in [5.74, 6) is 0.142. The van der Waals surface area contributed by atoms with Crippen LogP contribution in [0, 0.1) is 25.2 Å². The third-order valence-electron chi connectivity index (χ3n) is 5.98. The summed E-state index contributed by atoms with van der Waals surface area (Å²) in [6, 6.07) is 23.4. The van der Waals surface area contributed by atoms with Crippen LogP contribution in [0.4, 0.5) is 11.6 Å². The predicted octanol–water partition coefficient (Wildman–Crippen LogP) is 4.98. The lowest BCUT2D eigenvalue weighted by Crippen LogP contribution is -2.21. The van der Waals surface area contributed by atoms with E-state index in [2.05, 4.69) is 26.1 Å². The molecule has 1 atom stereocenters. The van der Waals surface area contributed by atoms with Crippen molar-refractivity contribution < 1.29 is 13.2 Å². The van der Waals surface area contributed by atoms with E-state index in [-0.39, 0.29) is 16.7 Å². The lowest BCUT2D eigenvalue weighted by atomic mass is 10.00. The van der Waals surface area contributed by atoms with Crippen LogP contribution in [0.5, 0.6) is 5.88 Å². The number of sulfonamides is 1. The maximum Gasteiger partial charge on any atom is 0.264 e. The molecule has 9 heteroatoms. The number of fused-ring (bicyclic) bond motifs is 4. The molecule has 8 nitrogen and oxygen atoms in total. The summed E-state index contributed by atoms with van der Waals surface area (Å²) >= 11 is 0. The highest BCUT2D eigenvalue weighted by Gasteiger charge is 2.22. The molecule has 0 saturated heterocycles. The molecule has 180 valence electrons. The Morgan fingerprint density at radius 2 is 1.69 bits per heavy atom. The zero-order valence-corrected chi connectivity index (χ0v) is 20.5. The van der Waals surface area contributed by atoms with Crippen molar-refractivity contribution in [3.05, 3.63) is 95.1 Å². The molecular formula is C27H23N5O3S. The quantitative estimate of drug-likeness (QED) is 0.401. The van der Waals surface area contributed by atoms with E-state index in [1.807, 2.05) is 44.2 Å². The molecule has 5 rings (SSSR count). The highest BCUT2D eigenvalue weighted by molar-refractivity contribution is 7.92. The zero-order valence-electron chi connectivity index (χ0n) is 19.7. The fraction of sp³-hybridized carbons (Fsp3) is 0.148. The van der Waals surface area contributed by atoms with Crippen molar-refractivity contribution in [3.8, 4) is 23.2 Å². The van der Waals surface area contributed by atoms with E-state index < -0.39 is 16.1 Å². The molecule has 2 N–H and O–H groups in total. The summed E-state index contributed by atoms with van der Waals surface area (Å²) in [7, 11) is -3.94. The summed E-state index contributed by atoms with van der Waals surface area (Å²) in [5.41, 5.74) is 5.42. The van der Waals surface area contributed by atoms with Gasteiger partial charge < -0.3 is 10.1 Å². The standard InChI is InChI=1S/C27H23N5O3S/c1-17-5-3-6-18(2)26(17)23-14-25-31-27(30-23)32-36(33,34)22-8-4-7-21(13-22)29-16-24(35-25)20-11-9-19(15-28)10-12-20/h3-14,24,29H,16H2,1-2H3,(H,30,31,32). The maximum atomic E-state index is 13.1. The lowest BCUT2D eigenvalue weighted by Gasteiger charge is -2.22. The summed E-state index contributed by atoms with van der Waals surface area (Å²) in [4.78, 5) is 9.03. The fourth-order valence-electron chi connectivity index (χ4n) is 4.19. The Hall–Kier alpha value is -4.42. The molecule has 0 amide bonds. The van der Waals surface area contributed by atoms with Gasteiger partial charge in [0.25, 0.3) is 10.0 Å². The minimum absolute atomic E-state index is 0.0809. The van der Waals surface area contributed by atoms with Crippen molar-refractivity contribution in [2.45, 2.75) is 24.8 Å². The highest BCUT2D eigenvalue weighted by Crippen LogP contribution is 2.32. The van der Waals surface area contributed by atoms with Crippen molar-refractivity contribution >= 4 is 21.7 Å². The van der Waals surface area contributed by atoms with Gasteiger partial charge in [-0.15, -0.1) is 0 Å². The van der Waals surface area contributed by atoms with Gasteiger partial charge in [0.15, 0.2) is 0 Å². The van der Waals surface area contributed by atoms with Crippen LogP contribution in [-0.4, -0.2) is 24.9 Å². The van der Waals surface area contributed by atoms with Crippen LogP contribution in [-0.2, 0) is 10.0 Å². The third kappa shape index (κ3) is 4.72. The van der Waals surface area contributed by atoms with Crippen LogP contribution in [0.25, 0.3) is 11.3 Å². The molecule has 2 heterocycles. The van der Waals surface area contributed by atoms with Crippen LogP contribution in [0.2, 0.25) is 0 Å². The first-order valence-electron chi connectivity index (χ1n) is 11.3. The molecule has 0 fully saturated rings. The fourth-order valence-corrected chi connectivity index (χ4v) is 5.18. The SMILES string of the molecule is Cc1cccc(C)c1-c1cc2nc(n1)NS(=O)(=O)c1cccc(c1)NCC(c1ccc(C#N)cc1)O2. The molecule has 1 aromatic heterocycles. The molecule has 4 bridgehead atoms. The third-order valence-corrected chi connectivity index (χ3v) is 7.30. The molecular weight excluding hydrogens is 474 g/mol. The van der Waals surface area contributed by atoms with Gasteiger partial charge in [0.2, 0.25) is 11.8 Å². The number of nitriles is 1. The Bertz CT molecular complexity index is 1570. The maximum absolute atomic E-state index is 13.1. The topological polar surface area (TPSA) is 117 Å². The van der Waals surface area contributed by atoms with Crippen LogP contribution in [0.15, 0.2) is 77.7 Å². The van der Waals surface area contributed by atoms with E-state index in [0.29, 0.717) is 23.5 Å². The van der Waals surface area contributed by atoms with Gasteiger partial charge in [0, 0.05) is 17.3 Å². The van der Waals surface area contributed by atoms with Crippen LogP contribution < -0.4 is 14.8 Å². The van der Waals surface area contributed by atoms with Gasteiger partial charge in [-0.3, -0.25) is 0 Å². The predicted molar refractivity (Wildman–Crippen MR) is 137 cm³/mol. The Balaban J connectivity index is 1.67. The van der Waals surface area contributed by atoms with E-state index >= 15 is 0 Å². The number of anilines is 2. The Labute approximate surface area is 209 Å². The first-order valence-corrected chi connectivity index (χ1v) is 12.8. The second-order valence-corrected chi connectivity index (χ2v) is 10.2. The van der Waals surface area contributed by atoms with Gasteiger partial charge in [0.1, 0.15) is 6.10 Å². The van der Waals surface area contributed by atoms with E-state index in [9.17, 15) is 13.7 Å². The van der Waals surface area contributed by atoms with Gasteiger partial charge in [0.05, 0.1) is 28.8 Å². The van der Waals surface area contributed by atoms with Crippen molar-refractivity contribution in [2.75, 3.05) is 16.6 Å². The number of ether oxygens (including phenoxy) is 1. The first-order chi connectivity index (χ1) is 17.3. The molecule has 0 spiro atoms. The number of benzene rings is 3. The van der Waals surface area contributed by atoms with Crippen molar-refractivity contribution in [3.63, 3.8) is 0 Å². The van der Waals surface area contributed by atoms with Gasteiger partial charge in [-0.1, -0.05) is 36.4 Å². The normalized spacial score (nSPS) is 16.2. The minimum atomic E-state index is -3.94. The molecule has 1 aliphatic heterocycles. The molecule has 1 unspecified atom stereocenters. The number of hydrogen-bond acceptors (Lipinski definition) is 7. The average Bonchev–Trinajstić information content (AvgIpc) is 2.86. The second kappa shape index (κ2) is 9.32. The number of nitrogens with zero attached hydrogens (tertiary/aromatic N) is 3. The molecule has 3 aromatic carbocycles. The number of hydrogen-bond donors (Lipinski definition) is 2. The van der Waals surface area contributed by atoms with Crippen LogP contribution in [0.1, 0.15) is 28.4 Å². The molecule has 4 aromatic rings. The number of nitrogens with one attached hydrogen (secondary N) is 2. The molecule has 0 aliphatic carbocycles. The minimum Gasteiger partial charge on any atom is -0.467 e. The molecule has 0 saturated carbocycles. The van der Waals surface area contributed by atoms with Gasteiger partial charge in [-0.25, -0.2) is 18.1 Å². The molecule has 1 aliphatic rings. The van der Waals surface area contributed by atoms with Crippen LogP contribution in [0.3, 0.4) is 0 Å². The number of aromatic nitrogens is 2. The van der Waals surface area contributed by atoms with Crippen molar-refractivity contribution in [2.24, 2.45) is 0 Å². The Morgan fingerprint density at radius 3 is 2.42 bits per heavy atom. The second-order valence-electron chi connectivity index (χ2n) is 8.54. The Morgan fingerprint density at radius 1 is 0.972 bits per heavy atom. The average molecular weight is 498 g/mol. The van der Waals surface area contributed by atoms with E-state index in [0.717, 1.165) is 22.3 Å². The molecule has 36 heavy (non-hydrogen) atoms. The monoisotopic (exact) mass is 497 g/mol. The summed E-state index contributed by atoms with van der Waals surface area (Å²) in [6.07, 6.45) is -0.481. The van der Waals surface area contributed by atoms with E-state index in [1.54, 1.807) is 36.4 Å². The Kier molecular flexibility index (Phi) is 6.04. The van der Waals surface area contributed by atoms with Crippen LogP contribution >= 0.6 is 0 Å². The highest BCUT2D eigenvalue weighted by atomic mass is 32.2. The first kappa shape index (κ1) is 23.3. The van der Waals surface area contributed by atoms with E-state index in [4.69, 9.17) is 4.74 Å². The van der Waals surface area contributed by atoms with Gasteiger partial charge in [-0.05, 0) is 60.9 Å². The summed E-state index contributed by atoms with van der Waals surface area (Å²) in [5, 5.41) is 12.4. The lowest BCUT2D eigenvalue weighted by molar-refractivity contribution is 0.210. The largest absolute Gasteiger partial charge is 0.467 e. The van der Waals surface area contributed by atoms with Gasteiger partial charge in [-0.2, -0.15) is 10.2 Å². The van der Waals surface area contributed by atoms with E-state index in [1.165, 1.54) is 6.07 Å². The number of rotatable bonds is 2. The molecule has 0 radical (unpaired) electrons. The summed E-state index contributed by atoms with van der Waals surface area (Å²) < 4.78 is 35.1. The summed E-state index contributed by atoms with van der Waals surface area (Å²) in [6.45, 7) is 4.28.